The second kappa shape index (κ2) is 13.4. The van der Waals surface area contributed by atoms with E-state index in [9.17, 15) is 14.9 Å². The number of rotatable bonds is 9. The van der Waals surface area contributed by atoms with E-state index in [0.29, 0.717) is 18.2 Å². The lowest BCUT2D eigenvalue weighted by Crippen LogP contribution is -2.54. The number of likely N-dealkylation sites (tertiary alicyclic amines) is 1. The summed E-state index contributed by atoms with van der Waals surface area (Å²) in [7, 11) is 2.84. The number of nitrogens with one attached hydrogen (secondary N) is 1. The Labute approximate surface area is 264 Å². The highest BCUT2D eigenvalue weighted by Crippen LogP contribution is 2.46. The highest BCUT2D eigenvalue weighted by atomic mass is 19.1. The van der Waals surface area contributed by atoms with E-state index in [2.05, 4.69) is 22.3 Å². The number of nitriles is 1. The number of carbonyl (C=O) groups excluding carboxylic acids is 2. The number of likely N-dealkylation sites (N-methyl/N-ethyl adjacent to an activating group) is 1. The van der Waals surface area contributed by atoms with Gasteiger partial charge in [-0.3, -0.25) is 9.69 Å². The van der Waals surface area contributed by atoms with E-state index in [1.54, 1.807) is 26.8 Å². The third-order valence-electron chi connectivity index (χ3n) is 8.85. The summed E-state index contributed by atoms with van der Waals surface area (Å²) in [6, 6.07) is 12.7. The lowest BCUT2D eigenvalue weighted by Gasteiger charge is -2.45. The van der Waals surface area contributed by atoms with Crippen LogP contribution in [0.3, 0.4) is 0 Å². The maximum Gasteiger partial charge on any atom is 0.410 e. The summed E-state index contributed by atoms with van der Waals surface area (Å²) in [5.41, 5.74) is 3.29. The summed E-state index contributed by atoms with van der Waals surface area (Å²) in [6.45, 7) is 9.26. The minimum absolute atomic E-state index is 0.0314. The number of piperidine rings is 1. The van der Waals surface area contributed by atoms with Crippen molar-refractivity contribution >= 4 is 12.0 Å². The van der Waals surface area contributed by atoms with Crippen LogP contribution in [0.15, 0.2) is 36.4 Å². The molecule has 0 radical (unpaired) electrons. The molecular weight excluding hydrogens is 579 g/mol. The molecular formula is C34H43FN4O6. The Morgan fingerprint density at radius 1 is 1.18 bits per heavy atom. The van der Waals surface area contributed by atoms with Gasteiger partial charge in [0.25, 0.3) is 5.91 Å². The van der Waals surface area contributed by atoms with Gasteiger partial charge in [0.2, 0.25) is 0 Å². The molecule has 3 aliphatic rings. The molecule has 2 aromatic rings. The van der Waals surface area contributed by atoms with Gasteiger partial charge in [0.1, 0.15) is 17.5 Å². The molecule has 2 atom stereocenters. The lowest BCUT2D eigenvalue weighted by atomic mass is 9.82. The molecule has 0 bridgehead atoms. The standard InChI is InChI=1S/C34H43FN4O6/c1-33(2,3)45-32(41)38(4)18-30(42-5)31(40)37-26(17-36)14-24-8-6-23(16-29(24)35)22-7-9-25-19-44-34(28(25)15-22)10-12-39(13-11-34)27-20-43-21-27/h6-9,15-16,26-27,30H,10-14,18-21H2,1-5H3,(H,37,40)/t26-,30-/m0/s1. The molecule has 1 spiro atoms. The molecule has 11 heteroatoms. The number of carbonyl (C=O) groups is 2. The Bertz CT molecular complexity index is 1440. The molecule has 3 heterocycles. The van der Waals surface area contributed by atoms with Crippen molar-refractivity contribution in [2.45, 2.75) is 76.0 Å². The van der Waals surface area contributed by atoms with Crippen LogP contribution in [0.5, 0.6) is 0 Å². The first kappa shape index (κ1) is 32.8. The van der Waals surface area contributed by atoms with Gasteiger partial charge in [-0.1, -0.05) is 24.3 Å². The molecule has 242 valence electrons. The van der Waals surface area contributed by atoms with Gasteiger partial charge < -0.3 is 29.2 Å². The first-order valence-corrected chi connectivity index (χ1v) is 15.5. The fraction of sp³-hybridized carbons (Fsp3) is 0.559. The normalized spacial score (nSPS) is 19.2. The van der Waals surface area contributed by atoms with E-state index in [0.717, 1.165) is 50.3 Å². The number of amides is 2. The summed E-state index contributed by atoms with van der Waals surface area (Å²) in [5, 5.41) is 12.4. The fourth-order valence-corrected chi connectivity index (χ4v) is 6.13. The largest absolute Gasteiger partial charge is 0.444 e. The van der Waals surface area contributed by atoms with Crippen molar-refractivity contribution in [3.05, 3.63) is 58.9 Å². The molecule has 5 rings (SSSR count). The Balaban J connectivity index is 1.22. The maximum atomic E-state index is 15.4. The van der Waals surface area contributed by atoms with Crippen molar-refractivity contribution in [2.24, 2.45) is 0 Å². The number of hydrogen-bond acceptors (Lipinski definition) is 8. The fourth-order valence-electron chi connectivity index (χ4n) is 6.13. The van der Waals surface area contributed by atoms with E-state index in [1.165, 1.54) is 36.3 Å². The van der Waals surface area contributed by atoms with Gasteiger partial charge in [-0.25, -0.2) is 9.18 Å². The maximum absolute atomic E-state index is 15.4. The number of nitrogens with zero attached hydrogens (tertiary/aromatic N) is 3. The number of fused-ring (bicyclic) bond motifs is 2. The van der Waals surface area contributed by atoms with Gasteiger partial charge in [0.05, 0.1) is 44.1 Å². The highest BCUT2D eigenvalue weighted by molar-refractivity contribution is 5.82. The van der Waals surface area contributed by atoms with Crippen molar-refractivity contribution in [3.63, 3.8) is 0 Å². The quantitative estimate of drug-likeness (QED) is 0.444. The number of hydrogen-bond donors (Lipinski definition) is 1. The van der Waals surface area contributed by atoms with Gasteiger partial charge in [0, 0.05) is 33.7 Å². The topological polar surface area (TPSA) is 113 Å². The zero-order valence-corrected chi connectivity index (χ0v) is 26.7. The predicted octanol–water partition coefficient (Wildman–Crippen LogP) is 4.15. The predicted molar refractivity (Wildman–Crippen MR) is 165 cm³/mol. The SMILES string of the molecule is CO[C@@H](CN(C)C(=O)OC(C)(C)C)C(=O)N[C@H](C#N)Cc1ccc(-c2ccc3c(c2)C2(CCN(C4COC4)CC2)OC3)cc1F. The monoisotopic (exact) mass is 622 g/mol. The zero-order valence-electron chi connectivity index (χ0n) is 26.7. The molecule has 2 aromatic carbocycles. The minimum atomic E-state index is -1.04. The van der Waals surface area contributed by atoms with Crippen LogP contribution >= 0.6 is 0 Å². The van der Waals surface area contributed by atoms with E-state index < -0.39 is 35.6 Å². The zero-order chi connectivity index (χ0) is 32.4. The van der Waals surface area contributed by atoms with Crippen LogP contribution in [0.1, 0.15) is 50.3 Å². The van der Waals surface area contributed by atoms with Crippen molar-refractivity contribution in [2.75, 3.05) is 47.0 Å². The van der Waals surface area contributed by atoms with E-state index in [-0.39, 0.29) is 18.6 Å². The molecule has 2 saturated heterocycles. The molecule has 2 amide bonds. The molecule has 3 aliphatic heterocycles. The average Bonchev–Trinajstić information content (AvgIpc) is 3.32. The summed E-state index contributed by atoms with van der Waals surface area (Å²) < 4.78 is 37.8. The van der Waals surface area contributed by atoms with Crippen molar-refractivity contribution in [3.8, 4) is 17.2 Å². The molecule has 0 unspecified atom stereocenters. The van der Waals surface area contributed by atoms with Gasteiger partial charge in [-0.05, 0) is 73.6 Å². The Kier molecular flexibility index (Phi) is 9.80. The van der Waals surface area contributed by atoms with Crippen molar-refractivity contribution in [1.82, 2.24) is 15.1 Å². The van der Waals surface area contributed by atoms with Crippen LogP contribution in [-0.2, 0) is 42.4 Å². The summed E-state index contributed by atoms with van der Waals surface area (Å²) >= 11 is 0. The first-order valence-electron chi connectivity index (χ1n) is 15.5. The third-order valence-corrected chi connectivity index (χ3v) is 8.85. The average molecular weight is 623 g/mol. The minimum Gasteiger partial charge on any atom is -0.444 e. The summed E-state index contributed by atoms with van der Waals surface area (Å²) in [6.07, 6.45) is 0.145. The van der Waals surface area contributed by atoms with Crippen LogP contribution in [0.25, 0.3) is 11.1 Å². The first-order chi connectivity index (χ1) is 21.4. The summed E-state index contributed by atoms with van der Waals surface area (Å²) in [4.78, 5) is 28.9. The number of methoxy groups -OCH3 is 1. The molecule has 2 fully saturated rings. The van der Waals surface area contributed by atoms with E-state index in [1.807, 2.05) is 18.2 Å². The summed E-state index contributed by atoms with van der Waals surface area (Å²) in [5.74, 6) is -1.05. The van der Waals surface area contributed by atoms with Gasteiger partial charge in [-0.15, -0.1) is 0 Å². The highest BCUT2D eigenvalue weighted by Gasteiger charge is 2.44. The smallest absolute Gasteiger partial charge is 0.410 e. The van der Waals surface area contributed by atoms with Crippen LogP contribution in [-0.4, -0.2) is 92.6 Å². The van der Waals surface area contributed by atoms with Gasteiger partial charge in [0.15, 0.2) is 6.10 Å². The number of halogens is 1. The third kappa shape index (κ3) is 7.47. The molecule has 0 aliphatic carbocycles. The van der Waals surface area contributed by atoms with Crippen LogP contribution in [0.2, 0.25) is 0 Å². The molecule has 0 aromatic heterocycles. The van der Waals surface area contributed by atoms with Crippen molar-refractivity contribution in [1.29, 1.82) is 5.26 Å². The molecule has 10 nitrogen and oxygen atoms in total. The van der Waals surface area contributed by atoms with Crippen LogP contribution in [0.4, 0.5) is 9.18 Å². The lowest BCUT2D eigenvalue weighted by molar-refractivity contribution is -0.132. The van der Waals surface area contributed by atoms with Gasteiger partial charge >= 0.3 is 6.09 Å². The Morgan fingerprint density at radius 3 is 2.47 bits per heavy atom. The van der Waals surface area contributed by atoms with Crippen LogP contribution in [0, 0.1) is 17.1 Å². The second-order valence-corrected chi connectivity index (χ2v) is 13.2. The number of ether oxygens (including phenoxy) is 4. The molecule has 1 N–H and O–H groups in total. The molecule has 45 heavy (non-hydrogen) atoms. The Hall–Kier alpha value is -3.56. The van der Waals surface area contributed by atoms with Crippen LogP contribution < -0.4 is 5.32 Å². The van der Waals surface area contributed by atoms with E-state index >= 15 is 4.39 Å². The molecule has 0 saturated carbocycles. The van der Waals surface area contributed by atoms with Gasteiger partial charge in [-0.2, -0.15) is 5.26 Å². The number of benzene rings is 2. The Morgan fingerprint density at radius 2 is 1.87 bits per heavy atom. The second-order valence-electron chi connectivity index (χ2n) is 13.2. The van der Waals surface area contributed by atoms with Crippen molar-refractivity contribution < 1.29 is 32.9 Å². The van der Waals surface area contributed by atoms with E-state index in [4.69, 9.17) is 18.9 Å².